The maximum Gasteiger partial charge on any atom is 0.288 e. The van der Waals surface area contributed by atoms with Crippen LogP contribution in [0.5, 0.6) is 0 Å². The lowest BCUT2D eigenvalue weighted by molar-refractivity contribution is -0.384. The number of halogens is 2. The van der Waals surface area contributed by atoms with Crippen molar-refractivity contribution in [3.63, 3.8) is 0 Å². The van der Waals surface area contributed by atoms with Gasteiger partial charge in [0.15, 0.2) is 0 Å². The Kier molecular flexibility index (Phi) is 5.08. The van der Waals surface area contributed by atoms with Gasteiger partial charge in [0.2, 0.25) is 0 Å². The van der Waals surface area contributed by atoms with Crippen LogP contribution < -0.4 is 0 Å². The zero-order valence-electron chi connectivity index (χ0n) is 16.4. The number of nitro benzene ring substituents is 1. The maximum atomic E-state index is 11.2. The number of hydrogen-bond donors (Lipinski definition) is 0. The molecule has 32 heavy (non-hydrogen) atoms. The van der Waals surface area contributed by atoms with Crippen LogP contribution in [0.2, 0.25) is 10.0 Å². The van der Waals surface area contributed by atoms with E-state index in [1.165, 1.54) is 12.1 Å². The van der Waals surface area contributed by atoms with E-state index in [1.807, 2.05) is 53.1 Å². The van der Waals surface area contributed by atoms with Crippen LogP contribution in [0.25, 0.3) is 28.3 Å². The Morgan fingerprint density at radius 3 is 2.62 bits per heavy atom. The first-order valence-corrected chi connectivity index (χ1v) is 10.3. The fraction of sp³-hybridized carbons (Fsp3) is 0.0455. The number of hydrogen-bond acceptors (Lipinski definition) is 5. The van der Waals surface area contributed by atoms with Gasteiger partial charge in [-0.3, -0.25) is 14.5 Å². The molecular weight excluding hydrogens is 451 g/mol. The Hall–Kier alpha value is -3.75. The second kappa shape index (κ2) is 8.07. The first-order chi connectivity index (χ1) is 15.5. The van der Waals surface area contributed by atoms with E-state index in [9.17, 15) is 10.1 Å². The summed E-state index contributed by atoms with van der Waals surface area (Å²) in [7, 11) is 0. The Bertz CT molecular complexity index is 1460. The van der Waals surface area contributed by atoms with Crippen LogP contribution in [-0.2, 0) is 6.54 Å². The molecule has 3 aromatic heterocycles. The van der Waals surface area contributed by atoms with Crippen molar-refractivity contribution in [2.75, 3.05) is 0 Å². The number of benzene rings is 2. The van der Waals surface area contributed by atoms with Gasteiger partial charge in [0, 0.05) is 22.8 Å². The summed E-state index contributed by atoms with van der Waals surface area (Å²) in [6, 6.07) is 17.9. The minimum Gasteiger partial charge on any atom is -0.298 e. The molecule has 0 unspecified atom stereocenters. The van der Waals surface area contributed by atoms with Crippen molar-refractivity contribution < 1.29 is 4.92 Å². The first-order valence-electron chi connectivity index (χ1n) is 9.56. The number of pyridine rings is 1. The highest BCUT2D eigenvalue weighted by atomic mass is 35.5. The molecule has 0 bridgehead atoms. The minimum atomic E-state index is -0.505. The third-order valence-electron chi connectivity index (χ3n) is 4.98. The highest BCUT2D eigenvalue weighted by molar-refractivity contribution is 6.32. The van der Waals surface area contributed by atoms with Crippen LogP contribution in [-0.4, -0.2) is 29.3 Å². The van der Waals surface area contributed by atoms with Crippen molar-refractivity contribution in [3.8, 4) is 22.6 Å². The molecule has 0 amide bonds. The number of nitro groups is 1. The number of fused-ring (bicyclic) bond motifs is 1. The highest BCUT2D eigenvalue weighted by Crippen LogP contribution is 2.32. The van der Waals surface area contributed by atoms with Crippen molar-refractivity contribution in [1.29, 1.82) is 0 Å². The SMILES string of the molecule is O=[N+]([O-])c1cc(Cn2cc(-c3c(-c4ccc(Cl)cc4)nc4ccccn34)nn2)ccc1Cl. The molecule has 5 rings (SSSR count). The lowest BCUT2D eigenvalue weighted by Gasteiger charge is -2.03. The average molecular weight is 465 g/mol. The van der Waals surface area contributed by atoms with E-state index in [-0.39, 0.29) is 10.7 Å². The molecule has 0 saturated carbocycles. The van der Waals surface area contributed by atoms with Crippen molar-refractivity contribution in [2.45, 2.75) is 6.54 Å². The van der Waals surface area contributed by atoms with Gasteiger partial charge in [-0.2, -0.15) is 0 Å². The predicted molar refractivity (Wildman–Crippen MR) is 122 cm³/mol. The number of imidazole rings is 1. The van der Waals surface area contributed by atoms with Gasteiger partial charge in [-0.25, -0.2) is 9.67 Å². The van der Waals surface area contributed by atoms with Gasteiger partial charge in [0.25, 0.3) is 5.69 Å². The molecule has 8 nitrogen and oxygen atoms in total. The number of nitrogens with zero attached hydrogens (tertiary/aromatic N) is 6. The summed E-state index contributed by atoms with van der Waals surface area (Å²) in [4.78, 5) is 15.4. The van der Waals surface area contributed by atoms with Gasteiger partial charge in [-0.1, -0.05) is 52.7 Å². The Morgan fingerprint density at radius 1 is 1.03 bits per heavy atom. The van der Waals surface area contributed by atoms with Gasteiger partial charge in [-0.05, 0) is 35.9 Å². The fourth-order valence-electron chi connectivity index (χ4n) is 3.52. The van der Waals surface area contributed by atoms with Crippen LogP contribution in [0.1, 0.15) is 5.56 Å². The largest absolute Gasteiger partial charge is 0.298 e. The second-order valence-electron chi connectivity index (χ2n) is 7.09. The van der Waals surface area contributed by atoms with Gasteiger partial charge in [0.1, 0.15) is 22.1 Å². The van der Waals surface area contributed by atoms with Crippen LogP contribution in [0, 0.1) is 10.1 Å². The van der Waals surface area contributed by atoms with Gasteiger partial charge in [-0.15, -0.1) is 5.10 Å². The highest BCUT2D eigenvalue weighted by Gasteiger charge is 2.19. The summed E-state index contributed by atoms with van der Waals surface area (Å²) in [6.45, 7) is 0.304. The number of rotatable bonds is 5. The van der Waals surface area contributed by atoms with E-state index in [0.717, 1.165) is 22.6 Å². The molecule has 3 heterocycles. The Labute approximate surface area is 191 Å². The zero-order valence-corrected chi connectivity index (χ0v) is 17.9. The summed E-state index contributed by atoms with van der Waals surface area (Å²) < 4.78 is 3.57. The molecule has 0 N–H and O–H groups in total. The molecule has 0 saturated heterocycles. The topological polar surface area (TPSA) is 91.2 Å². The Morgan fingerprint density at radius 2 is 1.84 bits per heavy atom. The summed E-state index contributed by atoms with van der Waals surface area (Å²) in [6.07, 6.45) is 3.70. The minimum absolute atomic E-state index is 0.0939. The van der Waals surface area contributed by atoms with Gasteiger partial charge >= 0.3 is 0 Å². The summed E-state index contributed by atoms with van der Waals surface area (Å²) in [5.41, 5.74) is 4.38. The molecule has 0 spiro atoms. The molecule has 5 aromatic rings. The maximum absolute atomic E-state index is 11.2. The van der Waals surface area contributed by atoms with E-state index >= 15 is 0 Å². The van der Waals surface area contributed by atoms with E-state index in [1.54, 1.807) is 16.9 Å². The first kappa shape index (κ1) is 20.2. The molecule has 0 aliphatic heterocycles. The third kappa shape index (κ3) is 3.70. The van der Waals surface area contributed by atoms with Crippen LogP contribution in [0.3, 0.4) is 0 Å². The summed E-state index contributed by atoms with van der Waals surface area (Å²) in [5.74, 6) is 0. The summed E-state index contributed by atoms with van der Waals surface area (Å²) in [5, 5.41) is 20.5. The quantitative estimate of drug-likeness (QED) is 0.252. The van der Waals surface area contributed by atoms with E-state index < -0.39 is 4.92 Å². The molecule has 0 radical (unpaired) electrons. The average Bonchev–Trinajstić information content (AvgIpc) is 3.39. The van der Waals surface area contributed by atoms with Crippen molar-refractivity contribution >= 4 is 34.5 Å². The summed E-state index contributed by atoms with van der Waals surface area (Å²) >= 11 is 12.0. The molecule has 0 aliphatic rings. The lowest BCUT2D eigenvalue weighted by atomic mass is 10.1. The molecular formula is C22H14Cl2N6O2. The molecule has 0 fully saturated rings. The van der Waals surface area contributed by atoms with Gasteiger partial charge < -0.3 is 0 Å². The van der Waals surface area contributed by atoms with Crippen LogP contribution in [0.4, 0.5) is 5.69 Å². The van der Waals surface area contributed by atoms with E-state index in [0.29, 0.717) is 22.8 Å². The molecule has 2 aromatic carbocycles. The lowest BCUT2D eigenvalue weighted by Crippen LogP contribution is -2.01. The van der Waals surface area contributed by atoms with Crippen molar-refractivity contribution in [1.82, 2.24) is 24.4 Å². The van der Waals surface area contributed by atoms with Crippen LogP contribution >= 0.6 is 23.2 Å². The van der Waals surface area contributed by atoms with Crippen molar-refractivity contribution in [2.24, 2.45) is 0 Å². The smallest absolute Gasteiger partial charge is 0.288 e. The Balaban J connectivity index is 1.56. The zero-order chi connectivity index (χ0) is 22.2. The van der Waals surface area contributed by atoms with E-state index in [4.69, 9.17) is 28.2 Å². The predicted octanol–water partition coefficient (Wildman–Crippen LogP) is 5.52. The number of aromatic nitrogens is 5. The molecule has 0 atom stereocenters. The molecule has 0 aliphatic carbocycles. The van der Waals surface area contributed by atoms with Gasteiger partial charge in [0.05, 0.1) is 23.4 Å². The fourth-order valence-corrected chi connectivity index (χ4v) is 3.83. The second-order valence-corrected chi connectivity index (χ2v) is 7.93. The third-order valence-corrected chi connectivity index (χ3v) is 5.55. The normalized spacial score (nSPS) is 11.2. The van der Waals surface area contributed by atoms with E-state index in [2.05, 4.69) is 10.3 Å². The standard InChI is InChI=1S/C22H14Cl2N6O2/c23-16-7-5-15(6-8-16)21-22(29-10-2-1-3-20(29)25-21)18-13-28(27-26-18)12-14-4-9-17(24)19(11-14)30(31)32/h1-11,13H,12H2. The molecule has 158 valence electrons. The monoisotopic (exact) mass is 464 g/mol. The van der Waals surface area contributed by atoms with Crippen molar-refractivity contribution in [3.05, 3.63) is 98.8 Å². The molecule has 10 heteroatoms. The van der Waals surface area contributed by atoms with Crippen LogP contribution in [0.15, 0.2) is 73.1 Å².